The largest absolute Gasteiger partial charge is 0.282 e. The van der Waals surface area contributed by atoms with E-state index >= 15 is 0 Å². The first-order valence-corrected chi connectivity index (χ1v) is 5.53. The van der Waals surface area contributed by atoms with Crippen LogP contribution in [0.15, 0.2) is 10.8 Å². The molecule has 0 N–H and O–H groups in total. The molecule has 0 aromatic carbocycles. The number of carbonyl (C=O) groups excluding carboxylic acids is 1. The van der Waals surface area contributed by atoms with E-state index in [1.54, 1.807) is 13.1 Å². The highest BCUT2D eigenvalue weighted by Crippen LogP contribution is 2.28. The molecule has 8 heteroatoms. The summed E-state index contributed by atoms with van der Waals surface area (Å²) in [5.74, 6) is 0.632. The van der Waals surface area contributed by atoms with Crippen LogP contribution in [-0.4, -0.2) is 32.7 Å². The molecule has 0 fully saturated rings. The standard InChI is InChI=1S/C11H8N6O2/c1-6-9(16-19-15-6)10-13-5-7-4-8(18)17(3-2-12)11(7)14-10/h5H,3-4H2,1H3. The molecule has 3 rings (SSSR count). The monoisotopic (exact) mass is 256 g/mol. The van der Waals surface area contributed by atoms with E-state index in [1.165, 1.54) is 4.90 Å². The minimum absolute atomic E-state index is 0.0294. The molecule has 0 aliphatic carbocycles. The number of nitriles is 1. The molecule has 0 spiro atoms. The van der Waals surface area contributed by atoms with Crippen molar-refractivity contribution >= 4 is 11.7 Å². The van der Waals surface area contributed by atoms with Crippen LogP contribution in [0.3, 0.4) is 0 Å². The molecule has 0 bridgehead atoms. The Morgan fingerprint density at radius 3 is 3.05 bits per heavy atom. The fourth-order valence-corrected chi connectivity index (χ4v) is 1.91. The molecule has 1 aliphatic rings. The van der Waals surface area contributed by atoms with Crippen LogP contribution in [0.2, 0.25) is 0 Å². The van der Waals surface area contributed by atoms with E-state index in [0.717, 1.165) is 0 Å². The van der Waals surface area contributed by atoms with E-state index in [0.29, 0.717) is 28.6 Å². The average molecular weight is 256 g/mol. The molecule has 1 aliphatic heterocycles. The van der Waals surface area contributed by atoms with Crippen LogP contribution >= 0.6 is 0 Å². The Morgan fingerprint density at radius 1 is 1.53 bits per heavy atom. The molecule has 0 unspecified atom stereocenters. The second-order valence-corrected chi connectivity index (χ2v) is 4.06. The maximum absolute atomic E-state index is 11.7. The van der Waals surface area contributed by atoms with Crippen LogP contribution < -0.4 is 4.90 Å². The van der Waals surface area contributed by atoms with Gasteiger partial charge in [-0.15, -0.1) is 0 Å². The molecule has 0 radical (unpaired) electrons. The number of amides is 1. The van der Waals surface area contributed by atoms with Crippen molar-refractivity contribution < 1.29 is 9.42 Å². The van der Waals surface area contributed by atoms with Crippen LogP contribution in [0, 0.1) is 18.3 Å². The smallest absolute Gasteiger partial charge is 0.233 e. The summed E-state index contributed by atoms with van der Waals surface area (Å²) in [6, 6.07) is 1.94. The summed E-state index contributed by atoms with van der Waals surface area (Å²) < 4.78 is 4.60. The number of aryl methyl sites for hydroxylation is 1. The Kier molecular flexibility index (Phi) is 2.45. The highest BCUT2D eigenvalue weighted by molar-refractivity contribution is 6.00. The first-order chi connectivity index (χ1) is 9.20. The van der Waals surface area contributed by atoms with Crippen LogP contribution in [0.1, 0.15) is 11.3 Å². The lowest BCUT2D eigenvalue weighted by Gasteiger charge is -2.11. The second kappa shape index (κ2) is 4.13. The normalized spacial score (nSPS) is 13.5. The van der Waals surface area contributed by atoms with Crippen LogP contribution in [0.5, 0.6) is 0 Å². The summed E-state index contributed by atoms with van der Waals surface area (Å²) in [6.07, 6.45) is 1.79. The van der Waals surface area contributed by atoms with Crippen molar-refractivity contribution in [3.63, 3.8) is 0 Å². The molecular formula is C11H8N6O2. The quantitative estimate of drug-likeness (QED) is 0.708. The maximum Gasteiger partial charge on any atom is 0.233 e. The van der Waals surface area contributed by atoms with Crippen molar-refractivity contribution in [1.82, 2.24) is 20.3 Å². The van der Waals surface area contributed by atoms with Gasteiger partial charge in [-0.1, -0.05) is 5.16 Å². The molecule has 2 aromatic heterocycles. The number of hydrogen-bond donors (Lipinski definition) is 0. The zero-order chi connectivity index (χ0) is 13.4. The van der Waals surface area contributed by atoms with Gasteiger partial charge in [0.15, 0.2) is 11.5 Å². The molecule has 94 valence electrons. The van der Waals surface area contributed by atoms with Crippen molar-refractivity contribution in [2.75, 3.05) is 11.4 Å². The Bertz CT molecular complexity index is 701. The van der Waals surface area contributed by atoms with Crippen molar-refractivity contribution in [2.24, 2.45) is 0 Å². The summed E-state index contributed by atoms with van der Waals surface area (Å²) in [7, 11) is 0. The number of hydrogen-bond acceptors (Lipinski definition) is 7. The molecule has 2 aromatic rings. The van der Waals surface area contributed by atoms with E-state index in [2.05, 4.69) is 24.9 Å². The Morgan fingerprint density at radius 2 is 2.37 bits per heavy atom. The molecule has 0 saturated carbocycles. The van der Waals surface area contributed by atoms with Crippen molar-refractivity contribution in [3.8, 4) is 17.6 Å². The lowest BCUT2D eigenvalue weighted by Crippen LogP contribution is -2.27. The first-order valence-electron chi connectivity index (χ1n) is 5.53. The maximum atomic E-state index is 11.7. The fourth-order valence-electron chi connectivity index (χ4n) is 1.91. The number of carbonyl (C=O) groups is 1. The van der Waals surface area contributed by atoms with Gasteiger partial charge in [-0.25, -0.2) is 14.6 Å². The van der Waals surface area contributed by atoms with Gasteiger partial charge >= 0.3 is 0 Å². The van der Waals surface area contributed by atoms with Gasteiger partial charge in [-0.3, -0.25) is 9.69 Å². The van der Waals surface area contributed by atoms with E-state index in [1.807, 2.05) is 6.07 Å². The van der Waals surface area contributed by atoms with E-state index < -0.39 is 0 Å². The zero-order valence-corrected chi connectivity index (χ0v) is 9.99. The zero-order valence-electron chi connectivity index (χ0n) is 9.99. The van der Waals surface area contributed by atoms with Gasteiger partial charge in [-0.2, -0.15) is 5.26 Å². The van der Waals surface area contributed by atoms with Crippen molar-refractivity contribution in [3.05, 3.63) is 17.5 Å². The van der Waals surface area contributed by atoms with Crippen molar-refractivity contribution in [2.45, 2.75) is 13.3 Å². The lowest BCUT2D eigenvalue weighted by atomic mass is 10.2. The topological polar surface area (TPSA) is 109 Å². The third-order valence-electron chi connectivity index (χ3n) is 2.83. The minimum Gasteiger partial charge on any atom is -0.282 e. The molecule has 1 amide bonds. The fraction of sp³-hybridized carbons (Fsp3) is 0.273. The average Bonchev–Trinajstić information content (AvgIpc) is 2.94. The van der Waals surface area contributed by atoms with E-state index in [4.69, 9.17) is 5.26 Å². The molecule has 19 heavy (non-hydrogen) atoms. The summed E-state index contributed by atoms with van der Waals surface area (Å²) in [6.45, 7) is 1.69. The van der Waals surface area contributed by atoms with E-state index in [9.17, 15) is 4.79 Å². The molecule has 3 heterocycles. The first kappa shape index (κ1) is 11.3. The Hall–Kier alpha value is -2.82. The second-order valence-electron chi connectivity index (χ2n) is 4.06. The molecule has 8 nitrogen and oxygen atoms in total. The highest BCUT2D eigenvalue weighted by atomic mass is 16.6. The van der Waals surface area contributed by atoms with Gasteiger partial charge in [0.25, 0.3) is 0 Å². The number of nitrogens with zero attached hydrogens (tertiary/aromatic N) is 6. The highest BCUT2D eigenvalue weighted by Gasteiger charge is 2.30. The van der Waals surface area contributed by atoms with Gasteiger partial charge in [0.1, 0.15) is 18.1 Å². The van der Waals surface area contributed by atoms with Crippen LogP contribution in [0.4, 0.5) is 5.82 Å². The third kappa shape index (κ3) is 1.72. The summed E-state index contributed by atoms with van der Waals surface area (Å²) >= 11 is 0. The number of rotatable bonds is 2. The minimum atomic E-state index is -0.155. The number of anilines is 1. The van der Waals surface area contributed by atoms with Gasteiger partial charge in [0.2, 0.25) is 5.91 Å². The van der Waals surface area contributed by atoms with Crippen molar-refractivity contribution in [1.29, 1.82) is 5.26 Å². The number of fused-ring (bicyclic) bond motifs is 1. The Labute approximate surface area is 107 Å². The lowest BCUT2D eigenvalue weighted by molar-refractivity contribution is -0.117. The summed E-state index contributed by atoms with van der Waals surface area (Å²) in [4.78, 5) is 21.5. The number of aromatic nitrogens is 4. The summed E-state index contributed by atoms with van der Waals surface area (Å²) in [5, 5.41) is 16.1. The molecule has 0 atom stereocenters. The van der Waals surface area contributed by atoms with Gasteiger partial charge in [0.05, 0.1) is 12.5 Å². The van der Waals surface area contributed by atoms with Gasteiger partial charge in [-0.05, 0) is 12.1 Å². The molecular weight excluding hydrogens is 248 g/mol. The van der Waals surface area contributed by atoms with E-state index in [-0.39, 0.29) is 18.9 Å². The predicted molar refractivity (Wildman–Crippen MR) is 61.7 cm³/mol. The van der Waals surface area contributed by atoms with Crippen LogP contribution in [-0.2, 0) is 11.2 Å². The summed E-state index contributed by atoms with van der Waals surface area (Å²) in [5.41, 5.74) is 1.70. The third-order valence-corrected chi connectivity index (χ3v) is 2.83. The SMILES string of the molecule is Cc1nonc1-c1ncc2c(n1)N(CC#N)C(=O)C2. The van der Waals surface area contributed by atoms with Crippen LogP contribution in [0.25, 0.3) is 11.5 Å². The van der Waals surface area contributed by atoms with Gasteiger partial charge in [0, 0.05) is 11.8 Å². The van der Waals surface area contributed by atoms with Gasteiger partial charge < -0.3 is 0 Å². The Balaban J connectivity index is 2.08. The molecule has 0 saturated heterocycles. The predicted octanol–water partition coefficient (Wildman–Crippen LogP) is 0.248.